The summed E-state index contributed by atoms with van der Waals surface area (Å²) >= 11 is 0. The number of para-hydroxylation sites is 3. The van der Waals surface area contributed by atoms with Gasteiger partial charge in [0.2, 0.25) is 0 Å². The first-order chi connectivity index (χ1) is 24.7. The van der Waals surface area contributed by atoms with Crippen LogP contribution in [0.5, 0.6) is 0 Å². The molecule has 0 radical (unpaired) electrons. The van der Waals surface area contributed by atoms with Crippen LogP contribution in [0.15, 0.2) is 152 Å². The fourth-order valence-corrected chi connectivity index (χ4v) is 7.42. The highest BCUT2D eigenvalue weighted by Gasteiger charge is 2.19. The lowest BCUT2D eigenvalue weighted by Gasteiger charge is -2.18. The Bertz CT molecular complexity index is 2850. The van der Waals surface area contributed by atoms with Crippen molar-refractivity contribution in [1.82, 2.24) is 9.13 Å². The van der Waals surface area contributed by atoms with Gasteiger partial charge in [-0.05, 0) is 88.8 Å². The third-order valence-electron chi connectivity index (χ3n) is 9.55. The van der Waals surface area contributed by atoms with Crippen LogP contribution in [0.4, 0.5) is 11.4 Å². The summed E-state index contributed by atoms with van der Waals surface area (Å²) in [7, 11) is 0. The number of aromatic nitrogens is 2. The molecule has 0 aliphatic rings. The molecule has 9 rings (SSSR count). The Morgan fingerprint density at radius 3 is 1.74 bits per heavy atom. The summed E-state index contributed by atoms with van der Waals surface area (Å²) in [5, 5.41) is 13.9. The van der Waals surface area contributed by atoms with Crippen molar-refractivity contribution in [3.05, 3.63) is 180 Å². The molecule has 0 fully saturated rings. The van der Waals surface area contributed by atoms with Gasteiger partial charge in [0.1, 0.15) is 0 Å². The lowest BCUT2D eigenvalue weighted by molar-refractivity contribution is 1.18. The van der Waals surface area contributed by atoms with Gasteiger partial charge in [-0.25, -0.2) is 9.69 Å². The molecule has 0 amide bonds. The Hall–Kier alpha value is -7.39. The van der Waals surface area contributed by atoms with E-state index in [1.54, 1.807) is 0 Å². The van der Waals surface area contributed by atoms with Gasteiger partial charge in [-0.2, -0.15) is 5.26 Å². The molecule has 50 heavy (non-hydrogen) atoms. The highest BCUT2D eigenvalue weighted by Crippen LogP contribution is 2.42. The Labute approximate surface area is 288 Å². The third kappa shape index (κ3) is 4.38. The van der Waals surface area contributed by atoms with Crippen molar-refractivity contribution in [2.75, 3.05) is 0 Å². The zero-order valence-electron chi connectivity index (χ0n) is 26.7. The second-order valence-corrected chi connectivity index (χ2v) is 12.3. The van der Waals surface area contributed by atoms with Gasteiger partial charge in [0, 0.05) is 27.4 Å². The minimum absolute atomic E-state index is 0.552. The highest BCUT2D eigenvalue weighted by molar-refractivity contribution is 6.12. The molecule has 0 saturated heterocycles. The largest absolute Gasteiger partial charge is 0.310 e. The maximum atomic E-state index is 9.72. The van der Waals surface area contributed by atoms with Crippen LogP contribution in [0.25, 0.3) is 86.9 Å². The standard InChI is InChI=1S/C45H25N5/c1-47-31-20-22-45-40(27-31)39-23-29(28-46)19-21-44(39)50(45)43-18-10-5-13-36(43)35-12-4-3-11-34(35)30-24-32(48-2)26-33(25-30)49-41-16-8-6-14-37(41)38-15-7-9-17-42(38)49/h3-27H. The normalized spacial score (nSPS) is 11.1. The number of hydrogen-bond acceptors (Lipinski definition) is 1. The number of nitriles is 1. The maximum Gasteiger partial charge on any atom is 0.189 e. The molecule has 2 heterocycles. The lowest BCUT2D eigenvalue weighted by atomic mass is 9.93. The molecule has 230 valence electrons. The first kappa shape index (κ1) is 28.8. The van der Waals surface area contributed by atoms with Crippen molar-refractivity contribution in [3.8, 4) is 39.7 Å². The summed E-state index contributed by atoms with van der Waals surface area (Å²) < 4.78 is 4.48. The smallest absolute Gasteiger partial charge is 0.189 e. The van der Waals surface area contributed by atoms with Crippen molar-refractivity contribution in [1.29, 1.82) is 5.26 Å². The minimum atomic E-state index is 0.552. The van der Waals surface area contributed by atoms with Crippen molar-refractivity contribution in [2.24, 2.45) is 0 Å². The van der Waals surface area contributed by atoms with E-state index in [-0.39, 0.29) is 0 Å². The number of rotatable bonds is 4. The van der Waals surface area contributed by atoms with E-state index in [1.165, 1.54) is 10.8 Å². The van der Waals surface area contributed by atoms with Gasteiger partial charge in [0.05, 0.1) is 52.5 Å². The summed E-state index contributed by atoms with van der Waals surface area (Å²) in [5.41, 5.74) is 11.7. The van der Waals surface area contributed by atoms with E-state index < -0.39 is 0 Å². The topological polar surface area (TPSA) is 42.4 Å². The summed E-state index contributed by atoms with van der Waals surface area (Å²) in [6, 6.07) is 53.4. The predicted molar refractivity (Wildman–Crippen MR) is 203 cm³/mol. The second-order valence-electron chi connectivity index (χ2n) is 12.3. The minimum Gasteiger partial charge on any atom is -0.310 e. The predicted octanol–water partition coefficient (Wildman–Crippen LogP) is 12.2. The Morgan fingerprint density at radius 2 is 1.04 bits per heavy atom. The molecule has 0 aliphatic heterocycles. The van der Waals surface area contributed by atoms with Gasteiger partial charge < -0.3 is 9.13 Å². The van der Waals surface area contributed by atoms with E-state index in [0.29, 0.717) is 16.9 Å². The van der Waals surface area contributed by atoms with Gasteiger partial charge in [-0.1, -0.05) is 84.9 Å². The number of hydrogen-bond donors (Lipinski definition) is 0. The lowest BCUT2D eigenvalue weighted by Crippen LogP contribution is -1.98. The van der Waals surface area contributed by atoms with E-state index in [0.717, 1.165) is 66.5 Å². The summed E-state index contributed by atoms with van der Waals surface area (Å²) in [6.45, 7) is 15.7. The zero-order chi connectivity index (χ0) is 33.8. The average Bonchev–Trinajstić information content (AvgIpc) is 3.69. The van der Waals surface area contributed by atoms with Gasteiger partial charge in [-0.3, -0.25) is 0 Å². The third-order valence-corrected chi connectivity index (χ3v) is 9.55. The molecule has 2 aromatic heterocycles. The average molecular weight is 636 g/mol. The number of benzene rings is 7. The van der Waals surface area contributed by atoms with Crippen molar-refractivity contribution < 1.29 is 0 Å². The fraction of sp³-hybridized carbons (Fsp3) is 0. The first-order valence-electron chi connectivity index (χ1n) is 16.2. The van der Waals surface area contributed by atoms with Crippen molar-refractivity contribution in [3.63, 3.8) is 0 Å². The summed E-state index contributed by atoms with van der Waals surface area (Å²) in [5.74, 6) is 0. The molecule has 0 saturated carbocycles. The van der Waals surface area contributed by atoms with E-state index in [4.69, 9.17) is 13.1 Å². The van der Waals surface area contributed by atoms with Crippen molar-refractivity contribution >= 4 is 55.0 Å². The van der Waals surface area contributed by atoms with Crippen LogP contribution in [0.1, 0.15) is 5.56 Å². The molecular weight excluding hydrogens is 611 g/mol. The van der Waals surface area contributed by atoms with Crippen molar-refractivity contribution in [2.45, 2.75) is 0 Å². The van der Waals surface area contributed by atoms with Crippen LogP contribution in [0.3, 0.4) is 0 Å². The van der Waals surface area contributed by atoms with E-state index in [2.05, 4.69) is 110 Å². The maximum absolute atomic E-state index is 9.72. The Morgan fingerprint density at radius 1 is 0.460 bits per heavy atom. The highest BCUT2D eigenvalue weighted by atomic mass is 15.0. The second kappa shape index (κ2) is 11.4. The van der Waals surface area contributed by atoms with Gasteiger partial charge in [0.25, 0.3) is 0 Å². The van der Waals surface area contributed by atoms with Gasteiger partial charge >= 0.3 is 0 Å². The van der Waals surface area contributed by atoms with Gasteiger partial charge in [0.15, 0.2) is 11.4 Å². The van der Waals surface area contributed by atoms with Crippen LogP contribution in [-0.2, 0) is 0 Å². The fourth-order valence-electron chi connectivity index (χ4n) is 7.42. The molecule has 7 aromatic carbocycles. The van der Waals surface area contributed by atoms with Crippen LogP contribution in [0.2, 0.25) is 0 Å². The van der Waals surface area contributed by atoms with E-state index in [9.17, 15) is 5.26 Å². The SMILES string of the molecule is [C-]#[N+]c1cc(-c2ccccc2-c2ccccc2-n2c3ccc(C#N)cc3c3cc([N+]#[C-])ccc32)cc(-n2c3ccccc3c3ccccc32)c1. The molecule has 0 unspecified atom stereocenters. The monoisotopic (exact) mass is 635 g/mol. The Balaban J connectivity index is 1.29. The van der Waals surface area contributed by atoms with Crippen LogP contribution < -0.4 is 0 Å². The molecule has 9 aromatic rings. The molecule has 0 aliphatic carbocycles. The molecule has 0 atom stereocenters. The van der Waals surface area contributed by atoms with Crippen LogP contribution >= 0.6 is 0 Å². The number of nitrogens with zero attached hydrogens (tertiary/aromatic N) is 5. The van der Waals surface area contributed by atoms with Gasteiger partial charge in [-0.15, -0.1) is 0 Å². The molecular formula is C45H25N5. The summed E-state index contributed by atoms with van der Waals surface area (Å²) in [4.78, 5) is 7.62. The van der Waals surface area contributed by atoms with E-state index >= 15 is 0 Å². The Kier molecular flexibility index (Phi) is 6.56. The molecule has 5 heteroatoms. The zero-order valence-corrected chi connectivity index (χ0v) is 26.7. The quantitative estimate of drug-likeness (QED) is 0.177. The summed E-state index contributed by atoms with van der Waals surface area (Å²) in [6.07, 6.45) is 0. The number of fused-ring (bicyclic) bond motifs is 6. The van der Waals surface area contributed by atoms with Crippen LogP contribution in [-0.4, -0.2) is 9.13 Å². The molecule has 5 nitrogen and oxygen atoms in total. The first-order valence-corrected chi connectivity index (χ1v) is 16.2. The van der Waals surface area contributed by atoms with Crippen LogP contribution in [0, 0.1) is 24.5 Å². The molecule has 0 spiro atoms. The molecule has 0 N–H and O–H groups in total. The molecule has 0 bridgehead atoms. The van der Waals surface area contributed by atoms with E-state index in [1.807, 2.05) is 66.7 Å².